The first-order chi connectivity index (χ1) is 12.7. The molecule has 0 unspecified atom stereocenters. The molecule has 0 fully saturated rings. The summed E-state index contributed by atoms with van der Waals surface area (Å²) in [4.78, 5) is 24.4. The standard InChI is InChI=1S/C17H15ClF3N3O3/c1-27-15(26)16(17(19,20)21,24-23-13-5-3-2-4-6-13)22-14(25)11-7-9-12(18)10-8-11/h2-10,23-24H,1H3,(H,22,25)/t16-/m0/s1. The number of hydrazine groups is 1. The molecule has 0 spiro atoms. The highest BCUT2D eigenvalue weighted by atomic mass is 35.5. The second kappa shape index (κ2) is 8.28. The van der Waals surface area contributed by atoms with Crippen LogP contribution in [0.3, 0.4) is 0 Å². The van der Waals surface area contributed by atoms with Gasteiger partial charge in [0.05, 0.1) is 7.11 Å². The van der Waals surface area contributed by atoms with Crippen molar-refractivity contribution in [3.8, 4) is 0 Å². The molecule has 3 N–H and O–H groups in total. The van der Waals surface area contributed by atoms with E-state index in [4.69, 9.17) is 11.6 Å². The summed E-state index contributed by atoms with van der Waals surface area (Å²) in [6.07, 6.45) is -5.23. The Morgan fingerprint density at radius 3 is 2.11 bits per heavy atom. The first kappa shape index (κ1) is 20.5. The molecule has 2 aromatic rings. The number of hydrogen-bond acceptors (Lipinski definition) is 5. The number of alkyl halides is 3. The van der Waals surface area contributed by atoms with Crippen LogP contribution in [-0.2, 0) is 9.53 Å². The number of para-hydroxylation sites is 1. The van der Waals surface area contributed by atoms with Crippen LogP contribution in [0.4, 0.5) is 18.9 Å². The molecule has 0 saturated heterocycles. The summed E-state index contributed by atoms with van der Waals surface area (Å²) < 4.78 is 45.7. The van der Waals surface area contributed by atoms with E-state index >= 15 is 0 Å². The van der Waals surface area contributed by atoms with Crippen LogP contribution in [0.5, 0.6) is 0 Å². The van der Waals surface area contributed by atoms with Crippen molar-refractivity contribution in [3.05, 3.63) is 65.2 Å². The van der Waals surface area contributed by atoms with Gasteiger partial charge in [0.2, 0.25) is 0 Å². The molecule has 2 rings (SSSR count). The van der Waals surface area contributed by atoms with Gasteiger partial charge in [-0.15, -0.1) is 0 Å². The van der Waals surface area contributed by atoms with Gasteiger partial charge in [-0.05, 0) is 36.4 Å². The molecule has 0 aliphatic carbocycles. The van der Waals surface area contributed by atoms with Gasteiger partial charge >= 0.3 is 17.8 Å². The molecule has 0 aliphatic rings. The van der Waals surface area contributed by atoms with Crippen LogP contribution in [0.1, 0.15) is 10.4 Å². The van der Waals surface area contributed by atoms with Crippen LogP contribution in [0.25, 0.3) is 0 Å². The number of benzene rings is 2. The van der Waals surface area contributed by atoms with Crippen molar-refractivity contribution in [2.45, 2.75) is 11.8 Å². The van der Waals surface area contributed by atoms with E-state index in [1.165, 1.54) is 36.4 Å². The fraction of sp³-hybridized carbons (Fsp3) is 0.176. The minimum atomic E-state index is -5.23. The van der Waals surface area contributed by atoms with E-state index in [1.807, 2.05) is 5.43 Å². The van der Waals surface area contributed by atoms with Crippen LogP contribution in [0, 0.1) is 0 Å². The number of methoxy groups -OCH3 is 1. The third kappa shape index (κ3) is 4.69. The van der Waals surface area contributed by atoms with Crippen molar-refractivity contribution < 1.29 is 27.5 Å². The van der Waals surface area contributed by atoms with Gasteiger partial charge in [-0.25, -0.2) is 4.79 Å². The average Bonchev–Trinajstić information content (AvgIpc) is 2.64. The van der Waals surface area contributed by atoms with Gasteiger partial charge in [0.25, 0.3) is 5.91 Å². The molecule has 0 aromatic heterocycles. The molecular formula is C17H15ClF3N3O3. The summed E-state index contributed by atoms with van der Waals surface area (Å²) in [6, 6.07) is 12.8. The van der Waals surface area contributed by atoms with E-state index < -0.39 is 23.7 Å². The number of nitrogens with one attached hydrogen (secondary N) is 3. The molecule has 0 radical (unpaired) electrons. The lowest BCUT2D eigenvalue weighted by Crippen LogP contribution is -2.73. The zero-order chi connectivity index (χ0) is 20.1. The molecule has 144 valence electrons. The molecule has 2 aromatic carbocycles. The van der Waals surface area contributed by atoms with Crippen LogP contribution in [-0.4, -0.2) is 30.8 Å². The number of esters is 1. The monoisotopic (exact) mass is 401 g/mol. The molecule has 0 bridgehead atoms. The molecule has 0 saturated carbocycles. The smallest absolute Gasteiger partial charge is 0.438 e. The molecule has 0 aliphatic heterocycles. The predicted molar refractivity (Wildman–Crippen MR) is 92.9 cm³/mol. The largest absolute Gasteiger partial charge is 0.466 e. The third-order valence-electron chi connectivity index (χ3n) is 3.49. The fourth-order valence-corrected chi connectivity index (χ4v) is 2.20. The van der Waals surface area contributed by atoms with Crippen LogP contribution in [0.15, 0.2) is 54.6 Å². The Balaban J connectivity index is 2.36. The quantitative estimate of drug-likeness (QED) is 0.394. The maximum absolute atomic E-state index is 13.8. The van der Waals surface area contributed by atoms with Gasteiger partial charge < -0.3 is 15.5 Å². The zero-order valence-electron chi connectivity index (χ0n) is 13.9. The Morgan fingerprint density at radius 1 is 1.00 bits per heavy atom. The number of carbonyl (C=O) groups excluding carboxylic acids is 2. The van der Waals surface area contributed by atoms with Crippen molar-refractivity contribution >= 4 is 29.2 Å². The van der Waals surface area contributed by atoms with E-state index in [-0.39, 0.29) is 11.3 Å². The highest BCUT2D eigenvalue weighted by Crippen LogP contribution is 2.30. The highest BCUT2D eigenvalue weighted by molar-refractivity contribution is 6.30. The average molecular weight is 402 g/mol. The number of amides is 1. The molecule has 0 heterocycles. The summed E-state index contributed by atoms with van der Waals surface area (Å²) in [5, 5.41) is 1.97. The van der Waals surface area contributed by atoms with Gasteiger partial charge in [-0.2, -0.15) is 18.6 Å². The SMILES string of the molecule is COC(=O)[C@@](NNc1ccccc1)(NC(=O)c1ccc(Cl)cc1)C(F)(F)F. The van der Waals surface area contributed by atoms with E-state index in [2.05, 4.69) is 10.2 Å². The molecule has 1 atom stereocenters. The first-order valence-corrected chi connectivity index (χ1v) is 7.89. The number of carbonyl (C=O) groups is 2. The normalized spacial score (nSPS) is 13.4. The maximum atomic E-state index is 13.8. The van der Waals surface area contributed by atoms with Crippen molar-refractivity contribution in [1.29, 1.82) is 0 Å². The van der Waals surface area contributed by atoms with Gasteiger partial charge in [0, 0.05) is 16.3 Å². The third-order valence-corrected chi connectivity index (χ3v) is 3.74. The van der Waals surface area contributed by atoms with Crippen molar-refractivity contribution in [2.75, 3.05) is 12.5 Å². The zero-order valence-corrected chi connectivity index (χ0v) is 14.7. The van der Waals surface area contributed by atoms with Crippen LogP contribution < -0.4 is 16.2 Å². The summed E-state index contributed by atoms with van der Waals surface area (Å²) in [7, 11) is 0.779. The van der Waals surface area contributed by atoms with Crippen LogP contribution in [0.2, 0.25) is 5.02 Å². The Morgan fingerprint density at radius 2 is 1.59 bits per heavy atom. The minimum Gasteiger partial charge on any atom is -0.466 e. The molecule has 1 amide bonds. The summed E-state index contributed by atoms with van der Waals surface area (Å²) in [6.45, 7) is 0. The minimum absolute atomic E-state index is 0.126. The van der Waals surface area contributed by atoms with E-state index in [0.29, 0.717) is 5.02 Å². The summed E-state index contributed by atoms with van der Waals surface area (Å²) in [5.74, 6) is -2.91. The molecule has 10 heteroatoms. The Kier molecular flexibility index (Phi) is 6.29. The molecule has 27 heavy (non-hydrogen) atoms. The van der Waals surface area contributed by atoms with Crippen molar-refractivity contribution in [3.63, 3.8) is 0 Å². The lowest BCUT2D eigenvalue weighted by Gasteiger charge is -2.34. The van der Waals surface area contributed by atoms with E-state index in [1.54, 1.807) is 23.5 Å². The molecular weight excluding hydrogens is 387 g/mol. The van der Waals surface area contributed by atoms with Gasteiger partial charge in [0.15, 0.2) is 0 Å². The topological polar surface area (TPSA) is 79.5 Å². The Labute approximate surface area is 157 Å². The number of anilines is 1. The van der Waals surface area contributed by atoms with E-state index in [9.17, 15) is 22.8 Å². The number of hydrogen-bond donors (Lipinski definition) is 3. The Hall–Kier alpha value is -2.78. The van der Waals surface area contributed by atoms with E-state index in [0.717, 1.165) is 7.11 Å². The lowest BCUT2D eigenvalue weighted by molar-refractivity contribution is -0.215. The van der Waals surface area contributed by atoms with Gasteiger partial charge in [-0.3, -0.25) is 4.79 Å². The summed E-state index contributed by atoms with van der Waals surface area (Å²) in [5.41, 5.74) is 0.684. The number of halogens is 4. The number of rotatable bonds is 6. The van der Waals surface area contributed by atoms with Gasteiger partial charge in [0.1, 0.15) is 0 Å². The predicted octanol–water partition coefficient (Wildman–Crippen LogP) is 3.12. The van der Waals surface area contributed by atoms with Crippen molar-refractivity contribution in [2.24, 2.45) is 0 Å². The summed E-state index contributed by atoms with van der Waals surface area (Å²) >= 11 is 5.70. The van der Waals surface area contributed by atoms with Crippen LogP contribution >= 0.6 is 11.6 Å². The molecule has 6 nitrogen and oxygen atoms in total. The highest BCUT2D eigenvalue weighted by Gasteiger charge is 2.63. The lowest BCUT2D eigenvalue weighted by atomic mass is 10.1. The maximum Gasteiger partial charge on any atom is 0.438 e. The number of ether oxygens (including phenoxy) is 1. The second-order valence-corrected chi connectivity index (χ2v) is 5.75. The van der Waals surface area contributed by atoms with Gasteiger partial charge in [-0.1, -0.05) is 29.8 Å². The fourth-order valence-electron chi connectivity index (χ4n) is 2.08. The second-order valence-electron chi connectivity index (χ2n) is 5.32. The first-order valence-electron chi connectivity index (χ1n) is 7.51. The van der Waals surface area contributed by atoms with Crippen molar-refractivity contribution in [1.82, 2.24) is 10.7 Å². The Bertz CT molecular complexity index is 801.